The van der Waals surface area contributed by atoms with Crippen molar-refractivity contribution in [2.75, 3.05) is 0 Å². The van der Waals surface area contributed by atoms with Gasteiger partial charge in [-0.25, -0.2) is 0 Å². The number of ether oxygens (including phenoxy) is 1. The number of non-ortho nitro benzene ring substituents is 1. The van der Waals surface area contributed by atoms with Gasteiger partial charge in [-0.3, -0.25) is 10.1 Å². The highest BCUT2D eigenvalue weighted by Gasteiger charge is 2.20. The molecular formula is C15H11ClN2O3. The number of benzene rings is 2. The minimum Gasteiger partial charge on any atom is -0.455 e. The number of hydrogen-bond donors (Lipinski definition) is 1. The van der Waals surface area contributed by atoms with E-state index in [4.69, 9.17) is 16.3 Å². The first kappa shape index (κ1) is 13.5. The number of fused-ring (bicyclic) bond motifs is 1. The molecule has 0 fully saturated rings. The van der Waals surface area contributed by atoms with Crippen LogP contribution in [0.4, 0.5) is 5.69 Å². The van der Waals surface area contributed by atoms with E-state index in [-0.39, 0.29) is 5.69 Å². The van der Waals surface area contributed by atoms with Crippen molar-refractivity contribution in [1.29, 1.82) is 0 Å². The normalized spacial score (nSPS) is 10.8. The van der Waals surface area contributed by atoms with Gasteiger partial charge in [0.05, 0.1) is 16.1 Å². The summed E-state index contributed by atoms with van der Waals surface area (Å²) in [6.07, 6.45) is 0. The second-order valence-electron chi connectivity index (χ2n) is 4.59. The molecule has 1 aromatic heterocycles. The summed E-state index contributed by atoms with van der Waals surface area (Å²) in [7, 11) is 0. The van der Waals surface area contributed by atoms with Gasteiger partial charge in [0.1, 0.15) is 11.1 Å². The fourth-order valence-corrected chi connectivity index (χ4v) is 2.36. The zero-order valence-electron chi connectivity index (χ0n) is 11.1. The van der Waals surface area contributed by atoms with E-state index in [2.05, 4.69) is 4.98 Å². The molecule has 0 aliphatic rings. The van der Waals surface area contributed by atoms with Gasteiger partial charge in [-0.05, 0) is 37.3 Å². The average molecular weight is 303 g/mol. The third kappa shape index (κ3) is 2.43. The zero-order valence-corrected chi connectivity index (χ0v) is 11.8. The van der Waals surface area contributed by atoms with Crippen LogP contribution in [0.25, 0.3) is 10.9 Å². The molecule has 21 heavy (non-hydrogen) atoms. The van der Waals surface area contributed by atoms with Gasteiger partial charge in [0.2, 0.25) is 0 Å². The number of hydrogen-bond acceptors (Lipinski definition) is 3. The lowest BCUT2D eigenvalue weighted by atomic mass is 10.2. The smallest absolute Gasteiger partial charge is 0.282 e. The number of nitrogens with zero attached hydrogens (tertiary/aromatic N) is 1. The Kier molecular flexibility index (Phi) is 3.27. The van der Waals surface area contributed by atoms with Crippen molar-refractivity contribution in [2.45, 2.75) is 6.92 Å². The molecule has 0 spiro atoms. The molecule has 3 rings (SSSR count). The van der Waals surface area contributed by atoms with Crippen LogP contribution in [0.15, 0.2) is 42.5 Å². The molecule has 0 aliphatic carbocycles. The summed E-state index contributed by atoms with van der Waals surface area (Å²) in [5, 5.41) is 12.3. The summed E-state index contributed by atoms with van der Waals surface area (Å²) in [5.74, 6) is 1.03. The molecule has 0 unspecified atom stereocenters. The van der Waals surface area contributed by atoms with Crippen molar-refractivity contribution >= 4 is 28.2 Å². The molecule has 1 N–H and O–H groups in total. The molecule has 2 aromatic carbocycles. The van der Waals surface area contributed by atoms with E-state index >= 15 is 0 Å². The molecule has 0 bridgehead atoms. The highest BCUT2D eigenvalue weighted by atomic mass is 35.5. The molecule has 0 atom stereocenters. The minimum absolute atomic E-state index is 0.0146. The van der Waals surface area contributed by atoms with E-state index in [1.54, 1.807) is 36.4 Å². The van der Waals surface area contributed by atoms with E-state index in [1.165, 1.54) is 6.07 Å². The van der Waals surface area contributed by atoms with Crippen molar-refractivity contribution in [3.63, 3.8) is 0 Å². The third-order valence-electron chi connectivity index (χ3n) is 3.16. The Bertz CT molecular complexity index is 825. The van der Waals surface area contributed by atoms with Gasteiger partial charge in [-0.1, -0.05) is 17.7 Å². The SMILES string of the molecule is Cc1[nH]c2cccc([N+](=O)[O-])c2c1Oc1ccc(Cl)cc1. The average Bonchev–Trinajstić information content (AvgIpc) is 2.77. The molecule has 6 heteroatoms. The number of nitro benzene ring substituents is 1. The fourth-order valence-electron chi connectivity index (χ4n) is 2.23. The standard InChI is InChI=1S/C15H11ClN2O3/c1-9-15(21-11-7-5-10(16)6-8-11)14-12(17-9)3-2-4-13(14)18(19)20/h2-8,17H,1H3. The van der Waals surface area contributed by atoms with Gasteiger partial charge in [0.25, 0.3) is 5.69 Å². The Morgan fingerprint density at radius 3 is 2.57 bits per heavy atom. The van der Waals surface area contributed by atoms with Crippen LogP contribution in [0, 0.1) is 17.0 Å². The maximum atomic E-state index is 11.2. The topological polar surface area (TPSA) is 68.2 Å². The molecule has 3 aromatic rings. The van der Waals surface area contributed by atoms with Crippen molar-refractivity contribution in [3.8, 4) is 11.5 Å². The first-order chi connectivity index (χ1) is 10.1. The number of H-pyrrole nitrogens is 1. The fraction of sp³-hybridized carbons (Fsp3) is 0.0667. The highest BCUT2D eigenvalue weighted by Crippen LogP contribution is 2.39. The highest BCUT2D eigenvalue weighted by molar-refractivity contribution is 6.30. The monoisotopic (exact) mass is 302 g/mol. The summed E-state index contributed by atoms with van der Waals surface area (Å²) in [4.78, 5) is 13.9. The van der Waals surface area contributed by atoms with Gasteiger partial charge < -0.3 is 9.72 Å². The third-order valence-corrected chi connectivity index (χ3v) is 3.41. The van der Waals surface area contributed by atoms with E-state index in [0.29, 0.717) is 27.4 Å². The molecular weight excluding hydrogens is 292 g/mol. The van der Waals surface area contributed by atoms with Crippen LogP contribution in [0.5, 0.6) is 11.5 Å². The van der Waals surface area contributed by atoms with Crippen molar-refractivity contribution in [3.05, 3.63) is 63.3 Å². The molecule has 0 radical (unpaired) electrons. The van der Waals surface area contributed by atoms with E-state index in [0.717, 1.165) is 5.69 Å². The number of aromatic amines is 1. The second kappa shape index (κ2) is 5.10. The quantitative estimate of drug-likeness (QED) is 0.556. The van der Waals surface area contributed by atoms with Gasteiger partial charge >= 0.3 is 0 Å². The predicted molar refractivity (Wildman–Crippen MR) is 81.2 cm³/mol. The lowest BCUT2D eigenvalue weighted by molar-refractivity contribution is -0.383. The van der Waals surface area contributed by atoms with Gasteiger partial charge in [-0.15, -0.1) is 0 Å². The largest absolute Gasteiger partial charge is 0.455 e. The molecule has 5 nitrogen and oxygen atoms in total. The summed E-state index contributed by atoms with van der Waals surface area (Å²) in [6, 6.07) is 11.7. The maximum Gasteiger partial charge on any atom is 0.282 e. The van der Waals surface area contributed by atoms with Crippen LogP contribution in [-0.4, -0.2) is 9.91 Å². The number of halogens is 1. The lowest BCUT2D eigenvalue weighted by Crippen LogP contribution is -1.90. The molecule has 0 amide bonds. The minimum atomic E-state index is -0.412. The molecule has 1 heterocycles. The van der Waals surface area contributed by atoms with Crippen LogP contribution < -0.4 is 4.74 Å². The lowest BCUT2D eigenvalue weighted by Gasteiger charge is -2.06. The van der Waals surface area contributed by atoms with Gasteiger partial charge in [0.15, 0.2) is 5.75 Å². The van der Waals surface area contributed by atoms with E-state index in [9.17, 15) is 10.1 Å². The number of nitro groups is 1. The second-order valence-corrected chi connectivity index (χ2v) is 5.03. The maximum absolute atomic E-state index is 11.2. The Hall–Kier alpha value is -2.53. The van der Waals surface area contributed by atoms with Crippen molar-refractivity contribution in [2.24, 2.45) is 0 Å². The first-order valence-corrected chi connectivity index (χ1v) is 6.63. The van der Waals surface area contributed by atoms with Crippen molar-refractivity contribution in [1.82, 2.24) is 4.98 Å². The Balaban J connectivity index is 2.15. The molecule has 0 saturated heterocycles. The van der Waals surface area contributed by atoms with E-state index in [1.807, 2.05) is 6.92 Å². The summed E-state index contributed by atoms with van der Waals surface area (Å²) >= 11 is 5.84. The van der Waals surface area contributed by atoms with Gasteiger partial charge in [-0.2, -0.15) is 0 Å². The predicted octanol–water partition coefficient (Wildman–Crippen LogP) is 4.83. The Morgan fingerprint density at radius 2 is 1.90 bits per heavy atom. The Labute approximate surface area is 125 Å². The van der Waals surface area contributed by atoms with Crippen molar-refractivity contribution < 1.29 is 9.66 Å². The van der Waals surface area contributed by atoms with Crippen LogP contribution >= 0.6 is 11.6 Å². The zero-order chi connectivity index (χ0) is 15.0. The first-order valence-electron chi connectivity index (χ1n) is 6.25. The number of aryl methyl sites for hydroxylation is 1. The summed E-state index contributed by atoms with van der Waals surface area (Å²) < 4.78 is 5.81. The molecule has 0 saturated carbocycles. The summed E-state index contributed by atoms with van der Waals surface area (Å²) in [5.41, 5.74) is 1.42. The van der Waals surface area contributed by atoms with E-state index < -0.39 is 4.92 Å². The van der Waals surface area contributed by atoms with Crippen LogP contribution in [0.3, 0.4) is 0 Å². The van der Waals surface area contributed by atoms with Crippen LogP contribution in [0.2, 0.25) is 5.02 Å². The Morgan fingerprint density at radius 1 is 1.19 bits per heavy atom. The number of rotatable bonds is 3. The number of nitrogens with one attached hydrogen (secondary N) is 1. The molecule has 106 valence electrons. The van der Waals surface area contributed by atoms with Crippen LogP contribution in [-0.2, 0) is 0 Å². The molecule has 0 aliphatic heterocycles. The summed E-state index contributed by atoms with van der Waals surface area (Å²) in [6.45, 7) is 1.81. The number of aromatic nitrogens is 1. The van der Waals surface area contributed by atoms with Gasteiger partial charge in [0, 0.05) is 11.1 Å². The van der Waals surface area contributed by atoms with Crippen LogP contribution in [0.1, 0.15) is 5.69 Å².